The average Bonchev–Trinajstić information content (AvgIpc) is 3.02. The lowest BCUT2D eigenvalue weighted by Gasteiger charge is -2.24. The molecule has 0 radical (unpaired) electrons. The lowest BCUT2D eigenvalue weighted by Crippen LogP contribution is -2.41. The number of hydrogen-bond donors (Lipinski definition) is 0. The summed E-state index contributed by atoms with van der Waals surface area (Å²) in [5.74, 6) is -0.341. The molecule has 0 spiro atoms. The van der Waals surface area contributed by atoms with Gasteiger partial charge < -0.3 is 14.2 Å². The topological polar surface area (TPSA) is 88.1 Å². The first-order valence-corrected chi connectivity index (χ1v) is 8.60. The van der Waals surface area contributed by atoms with E-state index in [0.29, 0.717) is 12.8 Å². The Morgan fingerprint density at radius 3 is 2.71 bits per heavy atom. The number of hydrogen-bond acceptors (Lipinski definition) is 7. The molecule has 3 saturated heterocycles. The van der Waals surface area contributed by atoms with Crippen LogP contribution in [0.25, 0.3) is 0 Å². The van der Waals surface area contributed by atoms with Gasteiger partial charge in [0, 0.05) is 0 Å². The number of carbonyl (C=O) groups excluding carboxylic acids is 1. The van der Waals surface area contributed by atoms with Crippen molar-refractivity contribution >= 4 is 16.1 Å². The van der Waals surface area contributed by atoms with Crippen LogP contribution >= 0.6 is 0 Å². The van der Waals surface area contributed by atoms with Gasteiger partial charge in [-0.1, -0.05) is 6.92 Å². The largest absolute Gasteiger partial charge is 0.438 e. The van der Waals surface area contributed by atoms with Gasteiger partial charge in [-0.25, -0.2) is 0 Å². The van der Waals surface area contributed by atoms with E-state index >= 15 is 0 Å². The van der Waals surface area contributed by atoms with Gasteiger partial charge in [0.1, 0.15) is 23.6 Å². The van der Waals surface area contributed by atoms with Crippen LogP contribution < -0.4 is 0 Å². The highest BCUT2D eigenvalue weighted by Gasteiger charge is 2.66. The molecule has 120 valence electrons. The van der Waals surface area contributed by atoms with E-state index in [0.717, 1.165) is 0 Å². The van der Waals surface area contributed by atoms with E-state index in [9.17, 15) is 13.2 Å². The monoisotopic (exact) mass is 320 g/mol. The van der Waals surface area contributed by atoms with Crippen LogP contribution in [-0.2, 0) is 33.3 Å². The van der Waals surface area contributed by atoms with Crippen molar-refractivity contribution in [1.29, 1.82) is 0 Å². The van der Waals surface area contributed by atoms with Gasteiger partial charge >= 0.3 is 5.97 Å². The Labute approximate surface area is 124 Å². The Morgan fingerprint density at radius 2 is 2.05 bits per heavy atom. The predicted molar refractivity (Wildman–Crippen MR) is 70.8 cm³/mol. The van der Waals surface area contributed by atoms with E-state index in [1.54, 1.807) is 13.8 Å². The first kappa shape index (κ1) is 15.2. The van der Waals surface area contributed by atoms with E-state index in [-0.39, 0.29) is 18.9 Å². The van der Waals surface area contributed by atoms with Gasteiger partial charge in [-0.3, -0.25) is 8.98 Å². The fraction of sp³-hybridized carbons (Fsp3) is 0.923. The van der Waals surface area contributed by atoms with Crippen molar-refractivity contribution in [2.75, 3.05) is 6.79 Å². The van der Waals surface area contributed by atoms with Crippen molar-refractivity contribution in [3.05, 3.63) is 0 Å². The van der Waals surface area contributed by atoms with Gasteiger partial charge in [0.05, 0.1) is 11.5 Å². The summed E-state index contributed by atoms with van der Waals surface area (Å²) in [6.07, 6.45) is -0.831. The van der Waals surface area contributed by atoms with Crippen LogP contribution in [0.1, 0.15) is 33.6 Å². The molecule has 3 rings (SSSR count). The van der Waals surface area contributed by atoms with E-state index in [1.807, 2.05) is 6.92 Å². The highest BCUT2D eigenvalue weighted by Crippen LogP contribution is 2.47. The van der Waals surface area contributed by atoms with E-state index in [2.05, 4.69) is 0 Å². The third-order valence-corrected chi connectivity index (χ3v) is 6.37. The normalized spacial score (nSPS) is 39.7. The molecule has 3 aliphatic heterocycles. The molecule has 8 heteroatoms. The summed E-state index contributed by atoms with van der Waals surface area (Å²) in [6.45, 7) is 5.29. The second-order valence-electron chi connectivity index (χ2n) is 6.39. The second-order valence-corrected chi connectivity index (χ2v) is 8.17. The van der Waals surface area contributed by atoms with Crippen molar-refractivity contribution < 1.29 is 31.6 Å². The Bertz CT molecular complexity index is 541. The van der Waals surface area contributed by atoms with E-state index < -0.39 is 39.1 Å². The molecule has 0 amide bonds. The van der Waals surface area contributed by atoms with Crippen LogP contribution in [0.2, 0.25) is 0 Å². The van der Waals surface area contributed by atoms with Gasteiger partial charge in [0.15, 0.2) is 6.79 Å². The number of fused-ring (bicyclic) bond motifs is 1. The maximum Gasteiger partial charge on any atom is 0.313 e. The molecule has 0 N–H and O–H groups in total. The van der Waals surface area contributed by atoms with Crippen LogP contribution in [0.15, 0.2) is 0 Å². The maximum atomic E-state index is 11.8. The minimum absolute atomic E-state index is 0.218. The first-order valence-electron chi connectivity index (χ1n) is 7.12. The molecule has 5 unspecified atom stereocenters. The molecule has 0 aromatic carbocycles. The summed E-state index contributed by atoms with van der Waals surface area (Å²) in [5, 5.41) is -0.575. The van der Waals surface area contributed by atoms with Crippen LogP contribution in [0.4, 0.5) is 0 Å². The van der Waals surface area contributed by atoms with Gasteiger partial charge in [0.2, 0.25) is 0 Å². The van der Waals surface area contributed by atoms with E-state index in [4.69, 9.17) is 18.4 Å². The van der Waals surface area contributed by atoms with Gasteiger partial charge in [-0.05, 0) is 26.7 Å². The molecule has 3 heterocycles. The molecule has 0 aliphatic carbocycles. The molecule has 0 aromatic heterocycles. The third kappa shape index (κ3) is 2.38. The summed E-state index contributed by atoms with van der Waals surface area (Å²) >= 11 is 0. The average molecular weight is 320 g/mol. The third-order valence-electron chi connectivity index (χ3n) is 4.68. The SMILES string of the molecule is CCC(C)(C)C(=O)OCOC1C2CC3C(O2)C1OS3(=O)=O. The molecule has 7 nitrogen and oxygen atoms in total. The first-order chi connectivity index (χ1) is 9.76. The Kier molecular flexibility index (Phi) is 3.55. The minimum Gasteiger partial charge on any atom is -0.438 e. The summed E-state index contributed by atoms with van der Waals surface area (Å²) < 4.78 is 44.7. The molecule has 0 aromatic rings. The molecule has 3 fully saturated rings. The smallest absolute Gasteiger partial charge is 0.313 e. The summed E-state index contributed by atoms with van der Waals surface area (Å²) in [5.41, 5.74) is -0.563. The summed E-state index contributed by atoms with van der Waals surface area (Å²) in [4.78, 5) is 11.8. The zero-order valence-corrected chi connectivity index (χ0v) is 13.1. The Balaban J connectivity index is 1.56. The van der Waals surface area contributed by atoms with Crippen molar-refractivity contribution in [3.8, 4) is 0 Å². The van der Waals surface area contributed by atoms with Crippen molar-refractivity contribution in [2.45, 2.75) is 63.3 Å². The van der Waals surface area contributed by atoms with Crippen molar-refractivity contribution in [1.82, 2.24) is 0 Å². The molecular formula is C13H20O7S. The summed E-state index contributed by atoms with van der Waals surface area (Å²) in [7, 11) is -3.55. The molecule has 21 heavy (non-hydrogen) atoms. The zero-order chi connectivity index (χ0) is 15.4. The minimum atomic E-state index is -3.55. The Hall–Kier alpha value is -0.700. The lowest BCUT2D eigenvalue weighted by atomic mass is 9.91. The maximum absolute atomic E-state index is 11.8. The molecule has 5 atom stereocenters. The van der Waals surface area contributed by atoms with E-state index in [1.165, 1.54) is 0 Å². The zero-order valence-electron chi connectivity index (χ0n) is 12.3. The van der Waals surface area contributed by atoms with Gasteiger partial charge in [-0.15, -0.1) is 0 Å². The highest BCUT2D eigenvalue weighted by atomic mass is 32.2. The number of esters is 1. The fourth-order valence-corrected chi connectivity index (χ4v) is 4.58. The van der Waals surface area contributed by atoms with Crippen LogP contribution in [0.3, 0.4) is 0 Å². The van der Waals surface area contributed by atoms with Crippen LogP contribution in [0, 0.1) is 5.41 Å². The number of ether oxygens (including phenoxy) is 3. The van der Waals surface area contributed by atoms with Crippen molar-refractivity contribution in [2.24, 2.45) is 5.41 Å². The molecule has 0 saturated carbocycles. The Morgan fingerprint density at radius 1 is 1.33 bits per heavy atom. The van der Waals surface area contributed by atoms with Gasteiger partial charge in [-0.2, -0.15) is 8.42 Å². The van der Waals surface area contributed by atoms with Crippen LogP contribution in [0.5, 0.6) is 0 Å². The second kappa shape index (κ2) is 4.91. The van der Waals surface area contributed by atoms with Crippen LogP contribution in [-0.4, -0.2) is 50.8 Å². The standard InChI is InChI=1S/C13H20O7S/c1-4-13(2,3)12(14)18-6-17-9-7-5-8-10(19-7)11(9)20-21(8,15)16/h7-11H,4-6H2,1-3H3. The summed E-state index contributed by atoms with van der Waals surface area (Å²) in [6, 6.07) is 0. The predicted octanol–water partition coefficient (Wildman–Crippen LogP) is 0.577. The molecular weight excluding hydrogens is 300 g/mol. The van der Waals surface area contributed by atoms with Crippen molar-refractivity contribution in [3.63, 3.8) is 0 Å². The highest BCUT2D eigenvalue weighted by molar-refractivity contribution is 7.87. The molecule has 2 bridgehead atoms. The van der Waals surface area contributed by atoms with Gasteiger partial charge in [0.25, 0.3) is 10.1 Å². The lowest BCUT2D eigenvalue weighted by molar-refractivity contribution is -0.176. The number of rotatable bonds is 5. The fourth-order valence-electron chi connectivity index (χ4n) is 2.93. The number of carbonyl (C=O) groups is 1. The molecule has 3 aliphatic rings. The quantitative estimate of drug-likeness (QED) is 0.416.